The third-order valence-electron chi connectivity index (χ3n) is 2.06. The monoisotopic (exact) mass is 129 g/mol. The zero-order valence-corrected chi connectivity index (χ0v) is 6.17. The second-order valence-electron chi connectivity index (χ2n) is 3.10. The fourth-order valence-electron chi connectivity index (χ4n) is 1.34. The Kier molecular flexibility index (Phi) is 2.09. The number of aliphatic hydroxyl groups excluding tert-OH is 1. The van der Waals surface area contributed by atoms with Crippen LogP contribution >= 0.6 is 0 Å². The molecular weight excluding hydrogens is 114 g/mol. The van der Waals surface area contributed by atoms with Gasteiger partial charge in [0.05, 0.1) is 6.10 Å². The van der Waals surface area contributed by atoms with Crippen LogP contribution < -0.4 is 0 Å². The van der Waals surface area contributed by atoms with Gasteiger partial charge in [-0.3, -0.25) is 0 Å². The summed E-state index contributed by atoms with van der Waals surface area (Å²) in [4.78, 5) is 2.26. The van der Waals surface area contributed by atoms with E-state index in [0.717, 1.165) is 19.5 Å². The van der Waals surface area contributed by atoms with Crippen molar-refractivity contribution in [2.75, 3.05) is 20.1 Å². The van der Waals surface area contributed by atoms with Crippen LogP contribution in [0.4, 0.5) is 0 Å². The lowest BCUT2D eigenvalue weighted by Gasteiger charge is -2.31. The Morgan fingerprint density at radius 3 is 2.67 bits per heavy atom. The minimum Gasteiger partial charge on any atom is -0.393 e. The minimum atomic E-state index is -0.0544. The van der Waals surface area contributed by atoms with Crippen molar-refractivity contribution in [3.63, 3.8) is 0 Å². The van der Waals surface area contributed by atoms with E-state index in [1.165, 1.54) is 0 Å². The van der Waals surface area contributed by atoms with Crippen LogP contribution in [0.25, 0.3) is 0 Å². The van der Waals surface area contributed by atoms with Crippen LogP contribution in [-0.4, -0.2) is 36.2 Å². The molecule has 54 valence electrons. The summed E-state index contributed by atoms with van der Waals surface area (Å²) in [5.74, 6) is 0.462. The second-order valence-corrected chi connectivity index (χ2v) is 3.10. The van der Waals surface area contributed by atoms with Gasteiger partial charge in [0.2, 0.25) is 0 Å². The molecule has 0 aliphatic carbocycles. The van der Waals surface area contributed by atoms with E-state index in [1.54, 1.807) is 0 Å². The Morgan fingerprint density at radius 1 is 1.56 bits per heavy atom. The number of likely N-dealkylation sites (tertiary alicyclic amines) is 1. The molecule has 1 heterocycles. The summed E-state index contributed by atoms with van der Waals surface area (Å²) in [6.07, 6.45) is 0.888. The maximum absolute atomic E-state index is 9.27. The van der Waals surface area contributed by atoms with Gasteiger partial charge in [-0.1, -0.05) is 6.92 Å². The van der Waals surface area contributed by atoms with E-state index in [0.29, 0.717) is 5.92 Å². The molecule has 9 heavy (non-hydrogen) atoms. The number of piperidine rings is 1. The summed E-state index contributed by atoms with van der Waals surface area (Å²) in [5.41, 5.74) is 0. The van der Waals surface area contributed by atoms with Crippen LogP contribution in [-0.2, 0) is 0 Å². The van der Waals surface area contributed by atoms with E-state index >= 15 is 0 Å². The Morgan fingerprint density at radius 2 is 2.22 bits per heavy atom. The van der Waals surface area contributed by atoms with Crippen LogP contribution in [0.3, 0.4) is 0 Å². The summed E-state index contributed by atoms with van der Waals surface area (Å²) >= 11 is 0. The summed E-state index contributed by atoms with van der Waals surface area (Å²) < 4.78 is 0. The van der Waals surface area contributed by atoms with Gasteiger partial charge in [0.25, 0.3) is 0 Å². The largest absolute Gasteiger partial charge is 0.393 e. The molecule has 2 nitrogen and oxygen atoms in total. The number of nitrogens with zero attached hydrogens (tertiary/aromatic N) is 1. The highest BCUT2D eigenvalue weighted by atomic mass is 16.3. The summed E-state index contributed by atoms with van der Waals surface area (Å²) in [5, 5.41) is 9.27. The molecule has 1 unspecified atom stereocenters. The maximum atomic E-state index is 9.27. The SMILES string of the molecule is C[C@H]1CN(C)CCC1O. The van der Waals surface area contributed by atoms with E-state index in [-0.39, 0.29) is 6.10 Å². The molecule has 0 aromatic rings. The van der Waals surface area contributed by atoms with Crippen molar-refractivity contribution in [2.24, 2.45) is 5.92 Å². The van der Waals surface area contributed by atoms with Crippen molar-refractivity contribution in [3.05, 3.63) is 0 Å². The third kappa shape index (κ3) is 1.66. The van der Waals surface area contributed by atoms with E-state index in [1.807, 2.05) is 0 Å². The van der Waals surface area contributed by atoms with E-state index in [4.69, 9.17) is 0 Å². The number of hydrogen-bond donors (Lipinski definition) is 1. The lowest BCUT2D eigenvalue weighted by Crippen LogP contribution is -2.39. The molecule has 2 heteroatoms. The number of rotatable bonds is 0. The van der Waals surface area contributed by atoms with E-state index < -0.39 is 0 Å². The molecule has 1 fully saturated rings. The summed E-state index contributed by atoms with van der Waals surface area (Å²) in [6, 6.07) is 0. The molecule has 0 spiro atoms. The normalized spacial score (nSPS) is 39.0. The zero-order chi connectivity index (χ0) is 6.85. The lowest BCUT2D eigenvalue weighted by atomic mass is 9.97. The van der Waals surface area contributed by atoms with Crippen molar-refractivity contribution in [3.8, 4) is 0 Å². The molecule has 0 radical (unpaired) electrons. The van der Waals surface area contributed by atoms with Crippen molar-refractivity contribution >= 4 is 0 Å². The Balaban J connectivity index is 2.35. The molecule has 0 aromatic heterocycles. The smallest absolute Gasteiger partial charge is 0.0590 e. The molecule has 2 atom stereocenters. The molecule has 0 bridgehead atoms. The molecule has 1 rings (SSSR count). The lowest BCUT2D eigenvalue weighted by molar-refractivity contribution is 0.0451. The first-order valence-corrected chi connectivity index (χ1v) is 3.57. The van der Waals surface area contributed by atoms with Gasteiger partial charge >= 0.3 is 0 Å². The summed E-state index contributed by atoms with van der Waals surface area (Å²) in [6.45, 7) is 4.19. The van der Waals surface area contributed by atoms with Gasteiger partial charge < -0.3 is 10.0 Å². The van der Waals surface area contributed by atoms with E-state index in [2.05, 4.69) is 18.9 Å². The highest BCUT2D eigenvalue weighted by Gasteiger charge is 2.21. The van der Waals surface area contributed by atoms with Crippen LogP contribution in [0.5, 0.6) is 0 Å². The first-order chi connectivity index (χ1) is 4.20. The number of hydrogen-bond acceptors (Lipinski definition) is 2. The average molecular weight is 129 g/mol. The quantitative estimate of drug-likeness (QED) is 0.509. The molecular formula is C7H15NO. The maximum Gasteiger partial charge on any atom is 0.0590 e. The molecule has 1 aliphatic rings. The molecule has 1 saturated heterocycles. The fraction of sp³-hybridized carbons (Fsp3) is 1.00. The van der Waals surface area contributed by atoms with Crippen LogP contribution in [0.15, 0.2) is 0 Å². The standard InChI is InChI=1S/C7H15NO/c1-6-5-8(2)4-3-7(6)9/h6-7,9H,3-5H2,1-2H3/t6-,7?/m0/s1. The molecule has 1 aliphatic heterocycles. The predicted molar refractivity (Wildman–Crippen MR) is 37.3 cm³/mol. The van der Waals surface area contributed by atoms with Crippen molar-refractivity contribution < 1.29 is 5.11 Å². The van der Waals surface area contributed by atoms with Crippen LogP contribution in [0, 0.1) is 5.92 Å². The van der Waals surface area contributed by atoms with Gasteiger partial charge in [0.1, 0.15) is 0 Å². The van der Waals surface area contributed by atoms with Gasteiger partial charge in [-0.15, -0.1) is 0 Å². The van der Waals surface area contributed by atoms with Gasteiger partial charge in [-0.25, -0.2) is 0 Å². The van der Waals surface area contributed by atoms with Crippen molar-refractivity contribution in [1.29, 1.82) is 0 Å². The van der Waals surface area contributed by atoms with Crippen LogP contribution in [0.1, 0.15) is 13.3 Å². The molecule has 0 aromatic carbocycles. The summed E-state index contributed by atoms with van der Waals surface area (Å²) in [7, 11) is 2.10. The zero-order valence-electron chi connectivity index (χ0n) is 6.17. The van der Waals surface area contributed by atoms with Gasteiger partial charge in [0.15, 0.2) is 0 Å². The first-order valence-electron chi connectivity index (χ1n) is 3.57. The van der Waals surface area contributed by atoms with Crippen molar-refractivity contribution in [1.82, 2.24) is 4.90 Å². The average Bonchev–Trinajstić information content (AvgIpc) is 1.80. The van der Waals surface area contributed by atoms with Crippen LogP contribution in [0.2, 0.25) is 0 Å². The first kappa shape index (κ1) is 7.03. The Hall–Kier alpha value is -0.0800. The Bertz CT molecular complexity index is 94.9. The highest BCUT2D eigenvalue weighted by molar-refractivity contribution is 4.74. The molecule has 1 N–H and O–H groups in total. The fourth-order valence-corrected chi connectivity index (χ4v) is 1.34. The molecule has 0 saturated carbocycles. The minimum absolute atomic E-state index is 0.0544. The Labute approximate surface area is 56.5 Å². The topological polar surface area (TPSA) is 23.5 Å². The molecule has 0 amide bonds. The van der Waals surface area contributed by atoms with Crippen molar-refractivity contribution in [2.45, 2.75) is 19.4 Å². The second kappa shape index (κ2) is 2.67. The van der Waals surface area contributed by atoms with Gasteiger partial charge in [-0.2, -0.15) is 0 Å². The van der Waals surface area contributed by atoms with Gasteiger partial charge in [0, 0.05) is 13.1 Å². The predicted octanol–water partition coefficient (Wildman–Crippen LogP) is 0.319. The third-order valence-corrected chi connectivity index (χ3v) is 2.06. The van der Waals surface area contributed by atoms with E-state index in [9.17, 15) is 5.11 Å². The number of aliphatic hydroxyl groups is 1. The van der Waals surface area contributed by atoms with Gasteiger partial charge in [-0.05, 0) is 19.4 Å². The highest BCUT2D eigenvalue weighted by Crippen LogP contribution is 2.14.